The molecule has 1 aliphatic rings. The number of carbonyl (C=O) groups excluding carboxylic acids is 2. The van der Waals surface area contributed by atoms with Crippen molar-refractivity contribution < 1.29 is 14.7 Å². The summed E-state index contributed by atoms with van der Waals surface area (Å²) in [7, 11) is 0. The van der Waals surface area contributed by atoms with Crippen LogP contribution in [0.15, 0.2) is 60.2 Å². The molecule has 0 bridgehead atoms. The van der Waals surface area contributed by atoms with E-state index in [0.29, 0.717) is 4.91 Å². The molecular weight excluding hydrogens is 312 g/mol. The Hall–Kier alpha value is -2.73. The highest BCUT2D eigenvalue weighted by Gasteiger charge is 2.34. The van der Waals surface area contributed by atoms with Crippen molar-refractivity contribution in [3.8, 4) is 11.4 Å². The van der Waals surface area contributed by atoms with Crippen molar-refractivity contribution >= 4 is 29.0 Å². The minimum atomic E-state index is -0.307. The first-order chi connectivity index (χ1) is 11.1. The van der Waals surface area contributed by atoms with Gasteiger partial charge in [-0.05, 0) is 54.2 Å². The molecule has 2 aromatic rings. The van der Waals surface area contributed by atoms with E-state index in [-0.39, 0.29) is 23.4 Å². The number of phenols is 1. The number of hydrogen-bond acceptors (Lipinski definition) is 4. The van der Waals surface area contributed by atoms with Gasteiger partial charge in [-0.25, -0.2) is 0 Å². The fraction of sp³-hybridized carbons (Fsp3) is 0.0588. The normalized spacial score (nSPS) is 16.3. The summed E-state index contributed by atoms with van der Waals surface area (Å²) in [5.74, 6) is -0.119. The van der Waals surface area contributed by atoms with Crippen LogP contribution in [0.1, 0.15) is 5.69 Å². The van der Waals surface area contributed by atoms with Gasteiger partial charge in [0, 0.05) is 24.1 Å². The fourth-order valence-electron chi connectivity index (χ4n) is 2.28. The molecule has 1 saturated heterocycles. The third-order valence-electron chi connectivity index (χ3n) is 3.37. The summed E-state index contributed by atoms with van der Waals surface area (Å²) in [6, 6.07) is 10.4. The number of thioether (sulfide) groups is 1. The Bertz CT molecular complexity index is 806. The van der Waals surface area contributed by atoms with Crippen molar-refractivity contribution in [3.05, 3.63) is 65.8 Å². The van der Waals surface area contributed by atoms with Crippen LogP contribution in [0.25, 0.3) is 11.8 Å². The molecule has 2 heterocycles. The molecule has 0 saturated carbocycles. The lowest BCUT2D eigenvalue weighted by molar-refractivity contribution is -0.122. The van der Waals surface area contributed by atoms with E-state index in [9.17, 15) is 14.7 Å². The first-order valence-electron chi connectivity index (χ1n) is 6.93. The molecule has 23 heavy (non-hydrogen) atoms. The summed E-state index contributed by atoms with van der Waals surface area (Å²) in [6.45, 7) is 3.76. The van der Waals surface area contributed by atoms with Gasteiger partial charge in [0.2, 0.25) is 0 Å². The number of benzene rings is 1. The van der Waals surface area contributed by atoms with Gasteiger partial charge in [-0.2, -0.15) is 0 Å². The minimum Gasteiger partial charge on any atom is -0.508 e. The molecule has 6 heteroatoms. The van der Waals surface area contributed by atoms with Gasteiger partial charge < -0.3 is 9.67 Å². The maximum atomic E-state index is 12.3. The molecule has 116 valence electrons. The molecular formula is C17H14N2O3S. The van der Waals surface area contributed by atoms with Crippen molar-refractivity contribution in [2.75, 3.05) is 6.54 Å². The van der Waals surface area contributed by atoms with Gasteiger partial charge in [0.05, 0.1) is 4.91 Å². The van der Waals surface area contributed by atoms with Crippen LogP contribution < -0.4 is 0 Å². The maximum absolute atomic E-state index is 12.3. The van der Waals surface area contributed by atoms with E-state index in [2.05, 4.69) is 6.58 Å². The van der Waals surface area contributed by atoms with Crippen molar-refractivity contribution in [2.45, 2.75) is 0 Å². The Morgan fingerprint density at radius 2 is 1.91 bits per heavy atom. The van der Waals surface area contributed by atoms with Crippen LogP contribution in [-0.2, 0) is 4.79 Å². The fourth-order valence-corrected chi connectivity index (χ4v) is 3.11. The number of imide groups is 1. The zero-order valence-corrected chi connectivity index (χ0v) is 13.0. The molecule has 0 radical (unpaired) electrons. The second-order valence-electron chi connectivity index (χ2n) is 4.90. The van der Waals surface area contributed by atoms with Crippen molar-refractivity contribution in [1.29, 1.82) is 0 Å². The number of aromatic nitrogens is 1. The number of aromatic hydroxyl groups is 1. The Morgan fingerprint density at radius 1 is 1.17 bits per heavy atom. The molecule has 0 aliphatic carbocycles. The summed E-state index contributed by atoms with van der Waals surface area (Å²) in [5, 5.41) is 9.09. The van der Waals surface area contributed by atoms with Crippen LogP contribution in [0.5, 0.6) is 5.75 Å². The van der Waals surface area contributed by atoms with Crippen molar-refractivity contribution in [2.24, 2.45) is 0 Å². The van der Waals surface area contributed by atoms with Crippen LogP contribution in [0, 0.1) is 0 Å². The molecule has 0 spiro atoms. The second-order valence-corrected chi connectivity index (χ2v) is 5.89. The van der Waals surface area contributed by atoms with Crippen LogP contribution in [-0.4, -0.2) is 32.3 Å². The third-order valence-corrected chi connectivity index (χ3v) is 4.28. The summed E-state index contributed by atoms with van der Waals surface area (Å²) in [6.07, 6.45) is 5.07. The predicted molar refractivity (Wildman–Crippen MR) is 90.3 cm³/mol. The van der Waals surface area contributed by atoms with E-state index in [1.165, 1.54) is 6.08 Å². The zero-order valence-electron chi connectivity index (χ0n) is 12.2. The summed E-state index contributed by atoms with van der Waals surface area (Å²) in [4.78, 5) is 25.7. The van der Waals surface area contributed by atoms with E-state index in [1.54, 1.807) is 30.3 Å². The van der Waals surface area contributed by atoms with Gasteiger partial charge in [0.15, 0.2) is 0 Å². The molecule has 1 aromatic heterocycles. The number of phenolic OH excluding ortho intramolecular Hbond substituents is 1. The number of nitrogens with zero attached hydrogens (tertiary/aromatic N) is 2. The largest absolute Gasteiger partial charge is 0.508 e. The Kier molecular flexibility index (Phi) is 4.08. The first kappa shape index (κ1) is 15.2. The van der Waals surface area contributed by atoms with Crippen LogP contribution in [0.2, 0.25) is 0 Å². The quantitative estimate of drug-likeness (QED) is 0.691. The SMILES string of the molecule is C=CCN1C(=O)S/C(=C/c2cccn2-c2ccc(O)cc2)C1=O. The minimum absolute atomic E-state index is 0.188. The number of amides is 2. The number of hydrogen-bond donors (Lipinski definition) is 1. The summed E-state index contributed by atoms with van der Waals surface area (Å²) in [5.41, 5.74) is 1.63. The summed E-state index contributed by atoms with van der Waals surface area (Å²) < 4.78 is 1.88. The second kappa shape index (κ2) is 6.18. The lowest BCUT2D eigenvalue weighted by atomic mass is 10.3. The Balaban J connectivity index is 1.94. The van der Waals surface area contributed by atoms with E-state index in [0.717, 1.165) is 28.0 Å². The molecule has 1 aliphatic heterocycles. The van der Waals surface area contributed by atoms with Crippen LogP contribution in [0.3, 0.4) is 0 Å². The molecule has 3 rings (SSSR count). The van der Waals surface area contributed by atoms with Crippen molar-refractivity contribution in [1.82, 2.24) is 9.47 Å². The van der Waals surface area contributed by atoms with Gasteiger partial charge in [0.1, 0.15) is 5.75 Å². The topological polar surface area (TPSA) is 62.5 Å². The zero-order chi connectivity index (χ0) is 16.4. The van der Waals surface area contributed by atoms with E-state index in [1.807, 2.05) is 22.9 Å². The maximum Gasteiger partial charge on any atom is 0.293 e. The van der Waals surface area contributed by atoms with Crippen LogP contribution >= 0.6 is 11.8 Å². The Morgan fingerprint density at radius 3 is 2.61 bits per heavy atom. The monoisotopic (exact) mass is 326 g/mol. The van der Waals surface area contributed by atoms with Gasteiger partial charge in [-0.15, -0.1) is 6.58 Å². The molecule has 0 atom stereocenters. The van der Waals surface area contributed by atoms with E-state index < -0.39 is 0 Å². The lowest BCUT2D eigenvalue weighted by Crippen LogP contribution is -2.27. The average molecular weight is 326 g/mol. The molecule has 5 nitrogen and oxygen atoms in total. The lowest BCUT2D eigenvalue weighted by Gasteiger charge is -2.08. The molecule has 0 unspecified atom stereocenters. The van der Waals surface area contributed by atoms with E-state index >= 15 is 0 Å². The van der Waals surface area contributed by atoms with Gasteiger partial charge in [-0.3, -0.25) is 14.5 Å². The number of rotatable bonds is 4. The highest BCUT2D eigenvalue weighted by atomic mass is 32.2. The first-order valence-corrected chi connectivity index (χ1v) is 7.75. The van der Waals surface area contributed by atoms with Gasteiger partial charge in [-0.1, -0.05) is 6.08 Å². The molecule has 2 amide bonds. The Labute approximate surface area is 137 Å². The standard InChI is InChI=1S/C17H14N2O3S/c1-2-9-19-16(21)15(23-17(19)22)11-13-4-3-10-18(13)12-5-7-14(20)8-6-12/h2-8,10-11,20H,1,9H2/b15-11+. The highest BCUT2D eigenvalue weighted by molar-refractivity contribution is 8.18. The van der Waals surface area contributed by atoms with Crippen molar-refractivity contribution in [3.63, 3.8) is 0 Å². The van der Waals surface area contributed by atoms with E-state index in [4.69, 9.17) is 0 Å². The third kappa shape index (κ3) is 2.93. The van der Waals surface area contributed by atoms with Gasteiger partial charge >= 0.3 is 0 Å². The summed E-state index contributed by atoms with van der Waals surface area (Å²) >= 11 is 0.924. The smallest absolute Gasteiger partial charge is 0.293 e. The predicted octanol–water partition coefficient (Wildman–Crippen LogP) is 3.41. The molecule has 1 fully saturated rings. The van der Waals surface area contributed by atoms with Crippen LogP contribution in [0.4, 0.5) is 4.79 Å². The molecule has 1 aromatic carbocycles. The highest BCUT2D eigenvalue weighted by Crippen LogP contribution is 2.32. The average Bonchev–Trinajstić information content (AvgIpc) is 3.09. The number of carbonyl (C=O) groups is 2. The van der Waals surface area contributed by atoms with Gasteiger partial charge in [0.25, 0.3) is 11.1 Å². The molecule has 1 N–H and O–H groups in total.